The number of hydrogen-bond donors (Lipinski definition) is 0. The molecule has 2 aromatic carbocycles. The maximum absolute atomic E-state index is 12.1. The fourth-order valence-corrected chi connectivity index (χ4v) is 2.10. The molecule has 0 fully saturated rings. The lowest BCUT2D eigenvalue weighted by Gasteiger charge is -2.08. The number of hydrogen-bond acceptors (Lipinski definition) is 4. The van der Waals surface area contributed by atoms with Crippen LogP contribution in [-0.2, 0) is 0 Å². The number of allylic oxidation sites excluding steroid dienone is 1. The third kappa shape index (κ3) is 5.59. The van der Waals surface area contributed by atoms with Crippen molar-refractivity contribution in [3.05, 3.63) is 74.8 Å². The molecule has 0 radical (unpaired) electrons. The van der Waals surface area contributed by atoms with Crippen molar-refractivity contribution >= 4 is 29.1 Å². The van der Waals surface area contributed by atoms with Crippen molar-refractivity contribution in [1.29, 1.82) is 0 Å². The van der Waals surface area contributed by atoms with E-state index in [9.17, 15) is 28.1 Å². The SMILES string of the molecule is O=C(/C=C/c1ccc(OCC(F)(F)F)cc1)c1ccc(Cl)c([N+](=O)[O-])c1. The molecule has 26 heavy (non-hydrogen) atoms. The van der Waals surface area contributed by atoms with Crippen LogP contribution in [-0.4, -0.2) is 23.5 Å². The second-order valence-corrected chi connectivity index (χ2v) is 5.50. The van der Waals surface area contributed by atoms with Gasteiger partial charge in [-0.05, 0) is 35.9 Å². The number of nitrogens with zero attached hydrogens (tertiary/aromatic N) is 1. The van der Waals surface area contributed by atoms with Crippen molar-refractivity contribution in [3.63, 3.8) is 0 Å². The van der Waals surface area contributed by atoms with Crippen LogP contribution in [0.1, 0.15) is 15.9 Å². The smallest absolute Gasteiger partial charge is 0.422 e. The summed E-state index contributed by atoms with van der Waals surface area (Å²) < 4.78 is 40.8. The van der Waals surface area contributed by atoms with Crippen LogP contribution in [0.4, 0.5) is 18.9 Å². The van der Waals surface area contributed by atoms with Gasteiger partial charge in [0.2, 0.25) is 0 Å². The zero-order chi connectivity index (χ0) is 19.3. The number of ketones is 1. The average Bonchev–Trinajstić information content (AvgIpc) is 2.58. The molecule has 0 N–H and O–H groups in total. The van der Waals surface area contributed by atoms with Gasteiger partial charge >= 0.3 is 6.18 Å². The summed E-state index contributed by atoms with van der Waals surface area (Å²) in [6, 6.07) is 9.30. The standard InChI is InChI=1S/C17H11ClF3NO4/c18-14-7-4-12(9-15(14)22(24)25)16(23)8-3-11-1-5-13(6-2-11)26-10-17(19,20)21/h1-9H,10H2/b8-3+. The summed E-state index contributed by atoms with van der Waals surface area (Å²) in [7, 11) is 0. The van der Waals surface area contributed by atoms with Crippen molar-refractivity contribution < 1.29 is 27.6 Å². The summed E-state index contributed by atoms with van der Waals surface area (Å²) in [5.41, 5.74) is 0.251. The molecule has 0 spiro atoms. The molecule has 0 aliphatic heterocycles. The first-order valence-electron chi connectivity index (χ1n) is 7.12. The minimum atomic E-state index is -4.42. The van der Waals surface area contributed by atoms with E-state index in [1.807, 2.05) is 0 Å². The van der Waals surface area contributed by atoms with Crippen LogP contribution in [0.15, 0.2) is 48.5 Å². The van der Waals surface area contributed by atoms with Gasteiger partial charge in [-0.2, -0.15) is 13.2 Å². The Labute approximate surface area is 150 Å². The third-order valence-corrected chi connectivity index (χ3v) is 3.46. The highest BCUT2D eigenvalue weighted by Crippen LogP contribution is 2.25. The van der Waals surface area contributed by atoms with E-state index in [4.69, 9.17) is 11.6 Å². The molecule has 2 aromatic rings. The van der Waals surface area contributed by atoms with Gasteiger partial charge in [0.1, 0.15) is 10.8 Å². The molecule has 5 nitrogen and oxygen atoms in total. The summed E-state index contributed by atoms with van der Waals surface area (Å²) in [5, 5.41) is 10.8. The third-order valence-electron chi connectivity index (χ3n) is 3.14. The van der Waals surface area contributed by atoms with Gasteiger partial charge < -0.3 is 4.74 Å². The van der Waals surface area contributed by atoms with Crippen LogP contribution in [0, 0.1) is 10.1 Å². The van der Waals surface area contributed by atoms with Gasteiger partial charge in [0.25, 0.3) is 5.69 Å². The van der Waals surface area contributed by atoms with Crippen LogP contribution >= 0.6 is 11.6 Å². The predicted octanol–water partition coefficient (Wildman–Crippen LogP) is 5.09. The molecule has 136 valence electrons. The van der Waals surface area contributed by atoms with Crippen LogP contribution in [0.5, 0.6) is 5.75 Å². The first-order valence-corrected chi connectivity index (χ1v) is 7.49. The van der Waals surface area contributed by atoms with Crippen LogP contribution < -0.4 is 4.74 Å². The van der Waals surface area contributed by atoms with Crippen molar-refractivity contribution in [1.82, 2.24) is 0 Å². The van der Waals surface area contributed by atoms with Gasteiger partial charge in [-0.25, -0.2) is 0 Å². The average molecular weight is 386 g/mol. The van der Waals surface area contributed by atoms with Gasteiger partial charge in [0, 0.05) is 11.6 Å². The highest BCUT2D eigenvalue weighted by atomic mass is 35.5. The van der Waals surface area contributed by atoms with Gasteiger partial charge in [-0.3, -0.25) is 14.9 Å². The Morgan fingerprint density at radius 2 is 1.85 bits per heavy atom. The van der Waals surface area contributed by atoms with Crippen molar-refractivity contribution in [3.8, 4) is 5.75 Å². The lowest BCUT2D eigenvalue weighted by molar-refractivity contribution is -0.384. The number of ether oxygens (including phenoxy) is 1. The summed E-state index contributed by atoms with van der Waals surface area (Å²) in [4.78, 5) is 22.2. The van der Waals surface area contributed by atoms with Crippen LogP contribution in [0.3, 0.4) is 0 Å². The Balaban J connectivity index is 2.06. The number of alkyl halides is 3. The first-order chi connectivity index (χ1) is 12.2. The number of benzene rings is 2. The zero-order valence-corrected chi connectivity index (χ0v) is 13.8. The molecule has 0 aromatic heterocycles. The van der Waals surface area contributed by atoms with E-state index < -0.39 is 23.5 Å². The Kier molecular flexibility index (Phi) is 5.99. The van der Waals surface area contributed by atoms with E-state index in [0.717, 1.165) is 6.07 Å². The molecule has 0 aliphatic carbocycles. The predicted molar refractivity (Wildman–Crippen MR) is 89.5 cm³/mol. The highest BCUT2D eigenvalue weighted by Gasteiger charge is 2.28. The number of rotatable bonds is 6. The van der Waals surface area contributed by atoms with Crippen molar-refractivity contribution in [2.45, 2.75) is 6.18 Å². The summed E-state index contributed by atoms with van der Waals surface area (Å²) in [6.07, 6.45) is -1.80. The minimum Gasteiger partial charge on any atom is -0.484 e. The second-order valence-electron chi connectivity index (χ2n) is 5.09. The fourth-order valence-electron chi connectivity index (χ4n) is 1.91. The molecule has 2 rings (SSSR count). The Morgan fingerprint density at radius 1 is 1.19 bits per heavy atom. The highest BCUT2D eigenvalue weighted by molar-refractivity contribution is 6.32. The first kappa shape index (κ1) is 19.5. The molecule has 0 saturated carbocycles. The number of carbonyl (C=O) groups is 1. The molecule has 0 amide bonds. The van der Waals surface area contributed by atoms with Crippen LogP contribution in [0.2, 0.25) is 5.02 Å². The van der Waals surface area contributed by atoms with Crippen molar-refractivity contribution in [2.75, 3.05) is 6.61 Å². The normalized spacial score (nSPS) is 11.5. The van der Waals surface area contributed by atoms with Gasteiger partial charge in [0.05, 0.1) is 4.92 Å². The minimum absolute atomic E-state index is 0.0409. The maximum atomic E-state index is 12.1. The molecule has 0 bridgehead atoms. The zero-order valence-electron chi connectivity index (χ0n) is 13.0. The molecule has 0 heterocycles. The monoisotopic (exact) mass is 385 g/mol. The van der Waals surface area contributed by atoms with Gasteiger partial charge in [-0.15, -0.1) is 0 Å². The molecule has 0 atom stereocenters. The van der Waals surface area contributed by atoms with Gasteiger partial charge in [0.15, 0.2) is 12.4 Å². The van der Waals surface area contributed by atoms with E-state index in [0.29, 0.717) is 5.56 Å². The maximum Gasteiger partial charge on any atom is 0.422 e. The fraction of sp³-hybridized carbons (Fsp3) is 0.118. The number of nitro groups is 1. The topological polar surface area (TPSA) is 69.4 Å². The summed E-state index contributed by atoms with van der Waals surface area (Å²) in [6.45, 7) is -1.39. The number of carbonyl (C=O) groups excluding carboxylic acids is 1. The molecule has 9 heteroatoms. The molecule has 0 aliphatic rings. The molecular weight excluding hydrogens is 375 g/mol. The quantitative estimate of drug-likeness (QED) is 0.301. The van der Waals surface area contributed by atoms with E-state index >= 15 is 0 Å². The lowest BCUT2D eigenvalue weighted by Crippen LogP contribution is -2.19. The van der Waals surface area contributed by atoms with Crippen LogP contribution in [0.25, 0.3) is 6.08 Å². The Bertz CT molecular complexity index is 848. The second kappa shape index (κ2) is 8.01. The van der Waals surface area contributed by atoms with E-state index in [2.05, 4.69) is 4.74 Å². The molecule has 0 saturated heterocycles. The van der Waals surface area contributed by atoms with E-state index in [1.165, 1.54) is 48.6 Å². The van der Waals surface area contributed by atoms with Crippen molar-refractivity contribution in [2.24, 2.45) is 0 Å². The van der Waals surface area contributed by atoms with Gasteiger partial charge in [-0.1, -0.05) is 29.8 Å². The Hall–Kier alpha value is -2.87. The number of nitro benzene ring substituents is 1. The molecule has 0 unspecified atom stereocenters. The Morgan fingerprint density at radius 3 is 2.42 bits per heavy atom. The molecular formula is C17H11ClF3NO4. The lowest BCUT2D eigenvalue weighted by atomic mass is 10.1. The summed E-state index contributed by atoms with van der Waals surface area (Å²) in [5.74, 6) is -0.443. The largest absolute Gasteiger partial charge is 0.484 e. The van der Waals surface area contributed by atoms with E-state index in [1.54, 1.807) is 0 Å². The summed E-state index contributed by atoms with van der Waals surface area (Å²) >= 11 is 5.68. The number of halogens is 4. The van der Waals surface area contributed by atoms with E-state index in [-0.39, 0.29) is 22.0 Å².